The fraction of sp³-hybridized carbons (Fsp3) is 0.400. The van der Waals surface area contributed by atoms with Crippen LogP contribution in [-0.4, -0.2) is 69.9 Å². The molecule has 0 bridgehead atoms. The number of hydrogen-bond acceptors (Lipinski definition) is 9. The summed E-state index contributed by atoms with van der Waals surface area (Å²) >= 11 is 0. The molecule has 0 amide bonds. The number of pyridine rings is 2. The lowest BCUT2D eigenvalue weighted by Gasteiger charge is -2.29. The summed E-state index contributed by atoms with van der Waals surface area (Å²) in [4.78, 5) is 9.98. The molecule has 0 saturated carbocycles. The molecule has 12 heteroatoms. The fourth-order valence-corrected chi connectivity index (χ4v) is 5.26. The van der Waals surface area contributed by atoms with Gasteiger partial charge in [0.15, 0.2) is 5.82 Å². The fourth-order valence-electron chi connectivity index (χ4n) is 5.26. The predicted molar refractivity (Wildman–Crippen MR) is 140 cm³/mol. The molecule has 1 aliphatic rings. The molecule has 1 saturated heterocycles. The second-order valence-electron chi connectivity index (χ2n) is 9.38. The van der Waals surface area contributed by atoms with Crippen molar-refractivity contribution in [2.75, 3.05) is 25.1 Å². The summed E-state index contributed by atoms with van der Waals surface area (Å²) < 4.78 is 9.76. The molecule has 6 heterocycles. The van der Waals surface area contributed by atoms with Gasteiger partial charge in [-0.3, -0.25) is 4.98 Å². The summed E-state index contributed by atoms with van der Waals surface area (Å²) in [7, 11) is 1.88. The lowest BCUT2D eigenvalue weighted by Crippen LogP contribution is -2.24. The van der Waals surface area contributed by atoms with E-state index in [0.29, 0.717) is 24.7 Å². The number of nitrogens with one attached hydrogen (secondary N) is 2. The number of nitrogens with zero attached hydrogens (tertiary/aromatic N) is 9. The summed E-state index contributed by atoms with van der Waals surface area (Å²) in [6.07, 6.45) is 6.29. The van der Waals surface area contributed by atoms with Crippen molar-refractivity contribution in [3.63, 3.8) is 0 Å². The molecule has 1 aliphatic heterocycles. The molecule has 5 aromatic heterocycles. The van der Waals surface area contributed by atoms with E-state index in [2.05, 4.69) is 66.5 Å². The molecule has 0 spiro atoms. The van der Waals surface area contributed by atoms with Gasteiger partial charge in [0.1, 0.15) is 17.2 Å². The Bertz CT molecular complexity index is 1550. The van der Waals surface area contributed by atoms with E-state index in [1.807, 2.05) is 19.3 Å². The third-order valence-electron chi connectivity index (χ3n) is 7.20. The highest BCUT2D eigenvalue weighted by molar-refractivity contribution is 6.05. The first-order valence-electron chi connectivity index (χ1n) is 12.5. The molecule has 0 unspecified atom stereocenters. The van der Waals surface area contributed by atoms with Crippen molar-refractivity contribution in [3.8, 4) is 11.3 Å². The van der Waals surface area contributed by atoms with Crippen LogP contribution in [0.5, 0.6) is 0 Å². The van der Waals surface area contributed by atoms with Gasteiger partial charge >= 0.3 is 0 Å². The van der Waals surface area contributed by atoms with Crippen molar-refractivity contribution < 1.29 is 4.74 Å². The van der Waals surface area contributed by atoms with Crippen LogP contribution in [0.15, 0.2) is 31.0 Å². The van der Waals surface area contributed by atoms with Crippen molar-refractivity contribution in [2.24, 2.45) is 13.0 Å². The van der Waals surface area contributed by atoms with Crippen LogP contribution in [-0.2, 0) is 18.2 Å². The highest BCUT2D eigenvalue weighted by atomic mass is 16.5. The van der Waals surface area contributed by atoms with Gasteiger partial charge in [0.25, 0.3) is 0 Å². The zero-order chi connectivity index (χ0) is 25.4. The molecule has 1 atom stereocenters. The molecular formula is C25H29N11O. The maximum Gasteiger partial charge on any atom is 0.176 e. The average molecular weight is 500 g/mol. The summed E-state index contributed by atoms with van der Waals surface area (Å²) in [5.74, 6) is 1.94. The molecular weight excluding hydrogens is 470 g/mol. The number of aromatic nitrogens is 10. The van der Waals surface area contributed by atoms with E-state index in [-0.39, 0.29) is 6.04 Å². The third-order valence-corrected chi connectivity index (χ3v) is 7.20. The number of fused-ring (bicyclic) bond motifs is 3. The van der Waals surface area contributed by atoms with Crippen LogP contribution in [0.1, 0.15) is 37.3 Å². The van der Waals surface area contributed by atoms with E-state index in [1.165, 1.54) is 0 Å². The molecule has 6 rings (SSSR count). The average Bonchev–Trinajstić information content (AvgIpc) is 3.66. The van der Waals surface area contributed by atoms with E-state index >= 15 is 0 Å². The molecule has 2 N–H and O–H groups in total. The highest BCUT2D eigenvalue weighted by Crippen LogP contribution is 2.37. The monoisotopic (exact) mass is 499 g/mol. The van der Waals surface area contributed by atoms with Crippen LogP contribution in [0.2, 0.25) is 0 Å². The molecule has 12 nitrogen and oxygen atoms in total. The number of H-pyrrole nitrogens is 1. The molecule has 190 valence electrons. The summed E-state index contributed by atoms with van der Waals surface area (Å²) in [5.41, 5.74) is 5.44. The minimum atomic E-state index is 0.214. The van der Waals surface area contributed by atoms with Gasteiger partial charge in [-0.2, -0.15) is 5.21 Å². The summed E-state index contributed by atoms with van der Waals surface area (Å²) in [6.45, 7) is 8.40. The summed E-state index contributed by atoms with van der Waals surface area (Å²) in [5, 5.41) is 27.0. The maximum absolute atomic E-state index is 5.65. The molecule has 0 aliphatic carbocycles. The van der Waals surface area contributed by atoms with E-state index in [0.717, 1.165) is 70.9 Å². The van der Waals surface area contributed by atoms with Crippen molar-refractivity contribution >= 4 is 34.0 Å². The number of rotatable bonds is 8. The number of aryl methyl sites for hydroxylation is 1. The molecule has 5 aromatic rings. The van der Waals surface area contributed by atoms with Crippen LogP contribution in [0.25, 0.3) is 39.4 Å². The van der Waals surface area contributed by atoms with Crippen LogP contribution in [0, 0.1) is 5.92 Å². The Labute approximate surface area is 213 Å². The SMILES string of the molecule is C=Cc1nnn(C)c1-c1cnc2c3ccc(NCCc4nn[nH]n4)nc3n([C@H](C)C3CCOCC3)c2c1. The van der Waals surface area contributed by atoms with Gasteiger partial charge in [-0.05, 0) is 50.0 Å². The first-order chi connectivity index (χ1) is 18.1. The Morgan fingerprint density at radius 3 is 2.92 bits per heavy atom. The van der Waals surface area contributed by atoms with Gasteiger partial charge in [0.05, 0.1) is 16.7 Å². The van der Waals surface area contributed by atoms with Gasteiger partial charge < -0.3 is 14.6 Å². The molecule has 1 fully saturated rings. The number of anilines is 1. The lowest BCUT2D eigenvalue weighted by molar-refractivity contribution is 0.0524. The third kappa shape index (κ3) is 4.22. The van der Waals surface area contributed by atoms with Gasteiger partial charge in [-0.25, -0.2) is 9.67 Å². The Hall–Kier alpha value is -4.19. The molecule has 0 radical (unpaired) electrons. The van der Waals surface area contributed by atoms with Crippen molar-refractivity contribution in [1.29, 1.82) is 0 Å². The Balaban J connectivity index is 1.46. The highest BCUT2D eigenvalue weighted by Gasteiger charge is 2.27. The maximum atomic E-state index is 5.65. The first-order valence-corrected chi connectivity index (χ1v) is 12.5. The number of ether oxygens (including phenoxy) is 1. The minimum absolute atomic E-state index is 0.214. The Morgan fingerprint density at radius 1 is 1.27 bits per heavy atom. The quantitative estimate of drug-likeness (QED) is 0.330. The smallest absolute Gasteiger partial charge is 0.176 e. The predicted octanol–water partition coefficient (Wildman–Crippen LogP) is 3.18. The van der Waals surface area contributed by atoms with Crippen LogP contribution < -0.4 is 5.32 Å². The van der Waals surface area contributed by atoms with E-state index in [9.17, 15) is 0 Å². The Morgan fingerprint density at radius 2 is 2.14 bits per heavy atom. The van der Waals surface area contributed by atoms with Crippen LogP contribution >= 0.6 is 0 Å². The number of aromatic amines is 1. The van der Waals surface area contributed by atoms with Gasteiger partial charge in [0.2, 0.25) is 0 Å². The van der Waals surface area contributed by atoms with Gasteiger partial charge in [0, 0.05) is 56.4 Å². The summed E-state index contributed by atoms with van der Waals surface area (Å²) in [6, 6.07) is 6.49. The van der Waals surface area contributed by atoms with E-state index < -0.39 is 0 Å². The normalized spacial score (nSPS) is 15.4. The van der Waals surface area contributed by atoms with Crippen molar-refractivity contribution in [3.05, 3.63) is 42.5 Å². The molecule has 0 aromatic carbocycles. The minimum Gasteiger partial charge on any atom is -0.381 e. The molecule has 37 heavy (non-hydrogen) atoms. The van der Waals surface area contributed by atoms with E-state index in [4.69, 9.17) is 14.7 Å². The number of tetrazole rings is 1. The number of hydrogen-bond donors (Lipinski definition) is 2. The second-order valence-corrected chi connectivity index (χ2v) is 9.38. The van der Waals surface area contributed by atoms with Crippen molar-refractivity contribution in [2.45, 2.75) is 32.2 Å². The lowest BCUT2D eigenvalue weighted by atomic mass is 9.92. The largest absolute Gasteiger partial charge is 0.381 e. The van der Waals surface area contributed by atoms with Crippen LogP contribution in [0.3, 0.4) is 0 Å². The van der Waals surface area contributed by atoms with Crippen molar-refractivity contribution in [1.82, 2.24) is 50.2 Å². The van der Waals surface area contributed by atoms with Gasteiger partial charge in [-0.15, -0.1) is 15.3 Å². The second kappa shape index (κ2) is 9.69. The van der Waals surface area contributed by atoms with Crippen LogP contribution in [0.4, 0.5) is 5.82 Å². The Kier molecular flexibility index (Phi) is 6.08. The van der Waals surface area contributed by atoms with Gasteiger partial charge in [-0.1, -0.05) is 17.0 Å². The van der Waals surface area contributed by atoms with E-state index in [1.54, 1.807) is 10.8 Å². The standard InChI is InChI=1S/C25H29N11O/c1-4-19-24(35(3)34-29-19)17-13-20-23(27-14-17)18-5-6-21(26-10-7-22-30-32-33-31-22)28-25(18)36(20)15(2)16-8-11-37-12-9-16/h4-6,13-16H,1,7-12H2,2-3H3,(H,26,28)(H,30,31,32,33)/t15-/m1/s1. The topological polar surface area (TPSA) is 137 Å². The zero-order valence-electron chi connectivity index (χ0n) is 20.9. The first kappa shape index (κ1) is 23.2. The zero-order valence-corrected chi connectivity index (χ0v) is 20.9.